The Bertz CT molecular complexity index is 481. The predicted molar refractivity (Wildman–Crippen MR) is 95.8 cm³/mol. The summed E-state index contributed by atoms with van der Waals surface area (Å²) in [5, 5.41) is 11.0. The van der Waals surface area contributed by atoms with Crippen molar-refractivity contribution in [2.45, 2.75) is 45.6 Å². The third-order valence-corrected chi connectivity index (χ3v) is 4.40. The summed E-state index contributed by atoms with van der Waals surface area (Å²) in [6.07, 6.45) is 8.74. The first-order valence-electron chi connectivity index (χ1n) is 8.96. The minimum atomic E-state index is 0.617. The minimum absolute atomic E-state index is 0.617. The van der Waals surface area contributed by atoms with Gasteiger partial charge >= 0.3 is 0 Å². The second-order valence-corrected chi connectivity index (χ2v) is 6.20. The molecule has 1 unspecified atom stereocenters. The van der Waals surface area contributed by atoms with Gasteiger partial charge in [0.05, 0.1) is 12.7 Å². The molecule has 1 atom stereocenters. The van der Waals surface area contributed by atoms with Crippen molar-refractivity contribution in [3.8, 4) is 0 Å². The molecule has 0 aliphatic carbocycles. The SMILES string of the molecule is CCNC(=NCC1CCCN1CC)NCCCc1cnn(C)c1. The second-order valence-electron chi connectivity index (χ2n) is 6.20. The Morgan fingerprint density at radius 3 is 2.96 bits per heavy atom. The van der Waals surface area contributed by atoms with Crippen LogP contribution in [0.2, 0.25) is 0 Å². The molecule has 130 valence electrons. The van der Waals surface area contributed by atoms with Crippen LogP contribution in [-0.2, 0) is 13.5 Å². The Labute approximate surface area is 140 Å². The smallest absolute Gasteiger partial charge is 0.191 e. The molecule has 0 spiro atoms. The first-order chi connectivity index (χ1) is 11.2. The fourth-order valence-corrected chi connectivity index (χ4v) is 3.16. The molecule has 6 nitrogen and oxygen atoms in total. The molecule has 23 heavy (non-hydrogen) atoms. The van der Waals surface area contributed by atoms with Crippen LogP contribution in [0, 0.1) is 0 Å². The number of aryl methyl sites for hydroxylation is 2. The average molecular weight is 320 g/mol. The van der Waals surface area contributed by atoms with Crippen LogP contribution >= 0.6 is 0 Å². The van der Waals surface area contributed by atoms with Gasteiger partial charge in [0.15, 0.2) is 5.96 Å². The molecule has 2 N–H and O–H groups in total. The predicted octanol–water partition coefficient (Wildman–Crippen LogP) is 1.39. The number of nitrogens with one attached hydrogen (secondary N) is 2. The highest BCUT2D eigenvalue weighted by Gasteiger charge is 2.22. The Balaban J connectivity index is 1.72. The highest BCUT2D eigenvalue weighted by atomic mass is 15.2. The highest BCUT2D eigenvalue weighted by Crippen LogP contribution is 2.16. The van der Waals surface area contributed by atoms with Crippen molar-refractivity contribution < 1.29 is 0 Å². The molecule has 2 rings (SSSR count). The number of guanidine groups is 1. The van der Waals surface area contributed by atoms with Crippen molar-refractivity contribution in [3.63, 3.8) is 0 Å². The molecule has 6 heteroatoms. The molecule has 1 aromatic heterocycles. The summed E-state index contributed by atoms with van der Waals surface area (Å²) >= 11 is 0. The van der Waals surface area contributed by atoms with Gasteiger partial charge in [-0.25, -0.2) is 0 Å². The lowest BCUT2D eigenvalue weighted by Crippen LogP contribution is -2.39. The molecule has 1 aliphatic heterocycles. The maximum Gasteiger partial charge on any atom is 0.191 e. The monoisotopic (exact) mass is 320 g/mol. The number of aliphatic imine (C=N–C) groups is 1. The van der Waals surface area contributed by atoms with Crippen LogP contribution in [0.1, 0.15) is 38.7 Å². The van der Waals surface area contributed by atoms with Gasteiger partial charge < -0.3 is 10.6 Å². The summed E-state index contributed by atoms with van der Waals surface area (Å²) in [5.41, 5.74) is 1.29. The van der Waals surface area contributed by atoms with Crippen LogP contribution < -0.4 is 10.6 Å². The van der Waals surface area contributed by atoms with Crippen LogP contribution in [0.4, 0.5) is 0 Å². The van der Waals surface area contributed by atoms with E-state index in [1.807, 2.05) is 17.9 Å². The quantitative estimate of drug-likeness (QED) is 0.432. The van der Waals surface area contributed by atoms with E-state index < -0.39 is 0 Å². The minimum Gasteiger partial charge on any atom is -0.357 e. The zero-order valence-electron chi connectivity index (χ0n) is 14.9. The number of likely N-dealkylation sites (tertiary alicyclic amines) is 1. The van der Waals surface area contributed by atoms with Crippen LogP contribution in [0.3, 0.4) is 0 Å². The van der Waals surface area contributed by atoms with E-state index in [-0.39, 0.29) is 0 Å². The van der Waals surface area contributed by atoms with Gasteiger partial charge in [0.1, 0.15) is 0 Å². The zero-order chi connectivity index (χ0) is 16.5. The average Bonchev–Trinajstić information content (AvgIpc) is 3.17. The zero-order valence-corrected chi connectivity index (χ0v) is 14.9. The number of likely N-dealkylation sites (N-methyl/N-ethyl adjacent to an activating group) is 1. The summed E-state index contributed by atoms with van der Waals surface area (Å²) < 4.78 is 1.86. The molecule has 1 aliphatic rings. The van der Waals surface area contributed by atoms with Gasteiger partial charge in [-0.05, 0) is 51.3 Å². The normalized spacial score (nSPS) is 19.3. The molecule has 1 saturated heterocycles. The topological polar surface area (TPSA) is 57.5 Å². The molecule has 0 saturated carbocycles. The molecule has 0 aromatic carbocycles. The van der Waals surface area contributed by atoms with E-state index in [1.165, 1.54) is 24.9 Å². The van der Waals surface area contributed by atoms with Gasteiger partial charge in [-0.2, -0.15) is 5.10 Å². The maximum absolute atomic E-state index is 4.78. The van der Waals surface area contributed by atoms with Crippen molar-refractivity contribution in [3.05, 3.63) is 18.0 Å². The summed E-state index contributed by atoms with van der Waals surface area (Å²) in [5.74, 6) is 0.946. The molecule has 1 aromatic rings. The lowest BCUT2D eigenvalue weighted by molar-refractivity contribution is 0.273. The van der Waals surface area contributed by atoms with Crippen molar-refractivity contribution >= 4 is 5.96 Å². The van der Waals surface area contributed by atoms with Gasteiger partial charge in [-0.1, -0.05) is 6.92 Å². The Morgan fingerprint density at radius 2 is 2.26 bits per heavy atom. The Morgan fingerprint density at radius 1 is 1.39 bits per heavy atom. The second kappa shape index (κ2) is 9.55. The number of aromatic nitrogens is 2. The van der Waals surface area contributed by atoms with Gasteiger partial charge in [-0.15, -0.1) is 0 Å². The molecule has 0 bridgehead atoms. The van der Waals surface area contributed by atoms with E-state index in [0.29, 0.717) is 6.04 Å². The van der Waals surface area contributed by atoms with E-state index >= 15 is 0 Å². The largest absolute Gasteiger partial charge is 0.357 e. The fourth-order valence-electron chi connectivity index (χ4n) is 3.16. The van der Waals surface area contributed by atoms with Gasteiger partial charge in [0.2, 0.25) is 0 Å². The van der Waals surface area contributed by atoms with Crippen LogP contribution in [-0.4, -0.2) is 59.4 Å². The van der Waals surface area contributed by atoms with E-state index in [9.17, 15) is 0 Å². The van der Waals surface area contributed by atoms with E-state index in [0.717, 1.165) is 45.0 Å². The molecule has 0 amide bonds. The molecule has 0 radical (unpaired) electrons. The molecular formula is C17H32N6. The third kappa shape index (κ3) is 5.86. The summed E-state index contributed by atoms with van der Waals surface area (Å²) in [6.45, 7) is 9.44. The van der Waals surface area contributed by atoms with Crippen LogP contribution in [0.15, 0.2) is 17.4 Å². The first kappa shape index (κ1) is 17.8. The third-order valence-electron chi connectivity index (χ3n) is 4.40. The fraction of sp³-hybridized carbons (Fsp3) is 0.765. The standard InChI is InChI=1S/C17H32N6/c1-4-18-17(20-13-16-9-7-11-23(16)5-2)19-10-6-8-15-12-21-22(3)14-15/h12,14,16H,4-11,13H2,1-3H3,(H2,18,19,20). The van der Waals surface area contributed by atoms with E-state index in [1.54, 1.807) is 0 Å². The van der Waals surface area contributed by atoms with Crippen molar-refractivity contribution in [2.24, 2.45) is 12.0 Å². The summed E-state index contributed by atoms with van der Waals surface area (Å²) in [4.78, 5) is 7.32. The van der Waals surface area contributed by atoms with Gasteiger partial charge in [0, 0.05) is 32.4 Å². The Hall–Kier alpha value is -1.56. The molecular weight excluding hydrogens is 288 g/mol. The van der Waals surface area contributed by atoms with Gasteiger partial charge in [-0.3, -0.25) is 14.6 Å². The van der Waals surface area contributed by atoms with Crippen LogP contribution in [0.25, 0.3) is 0 Å². The number of rotatable bonds is 8. The van der Waals surface area contributed by atoms with Crippen LogP contribution in [0.5, 0.6) is 0 Å². The maximum atomic E-state index is 4.78. The van der Waals surface area contributed by atoms with E-state index in [4.69, 9.17) is 4.99 Å². The molecule has 2 heterocycles. The van der Waals surface area contributed by atoms with Crippen molar-refractivity contribution in [1.29, 1.82) is 0 Å². The highest BCUT2D eigenvalue weighted by molar-refractivity contribution is 5.79. The van der Waals surface area contributed by atoms with Gasteiger partial charge in [0.25, 0.3) is 0 Å². The summed E-state index contributed by atoms with van der Waals surface area (Å²) in [6, 6.07) is 0.617. The summed E-state index contributed by atoms with van der Waals surface area (Å²) in [7, 11) is 1.96. The first-order valence-corrected chi connectivity index (χ1v) is 8.96. The number of hydrogen-bond donors (Lipinski definition) is 2. The van der Waals surface area contributed by atoms with E-state index in [2.05, 4.69) is 40.7 Å². The number of hydrogen-bond acceptors (Lipinski definition) is 3. The number of nitrogens with zero attached hydrogens (tertiary/aromatic N) is 4. The van der Waals surface area contributed by atoms with Crippen molar-refractivity contribution in [1.82, 2.24) is 25.3 Å². The lowest BCUT2D eigenvalue weighted by atomic mass is 10.2. The molecule has 1 fully saturated rings. The Kier molecular flexibility index (Phi) is 7.39. The van der Waals surface area contributed by atoms with Crippen molar-refractivity contribution in [2.75, 3.05) is 32.7 Å². The lowest BCUT2D eigenvalue weighted by Gasteiger charge is -2.21.